The summed E-state index contributed by atoms with van der Waals surface area (Å²) in [5, 5.41) is 8.83. The van der Waals surface area contributed by atoms with Gasteiger partial charge in [-0.25, -0.2) is 0 Å². The van der Waals surface area contributed by atoms with Gasteiger partial charge in [-0.05, 0) is 37.1 Å². The van der Waals surface area contributed by atoms with Gasteiger partial charge in [0.1, 0.15) is 0 Å². The summed E-state index contributed by atoms with van der Waals surface area (Å²) in [4.78, 5) is 4.69. The van der Waals surface area contributed by atoms with E-state index in [9.17, 15) is 0 Å². The van der Waals surface area contributed by atoms with Crippen LogP contribution in [0.1, 0.15) is 30.5 Å². The first kappa shape index (κ1) is 13.8. The quantitative estimate of drug-likeness (QED) is 0.752. The van der Waals surface area contributed by atoms with E-state index in [0.29, 0.717) is 5.56 Å². The van der Waals surface area contributed by atoms with Gasteiger partial charge in [0.15, 0.2) is 0 Å². The zero-order valence-electron chi connectivity index (χ0n) is 11.7. The molecule has 2 heteroatoms. The van der Waals surface area contributed by atoms with Crippen molar-refractivity contribution in [1.29, 1.82) is 5.26 Å². The lowest BCUT2D eigenvalue weighted by Crippen LogP contribution is -1.95. The predicted octanol–water partition coefficient (Wildman–Crippen LogP) is 4.43. The van der Waals surface area contributed by atoms with Gasteiger partial charge in [0.05, 0.1) is 17.3 Å². The van der Waals surface area contributed by atoms with E-state index < -0.39 is 0 Å². The van der Waals surface area contributed by atoms with Crippen LogP contribution in [0, 0.1) is 11.3 Å². The van der Waals surface area contributed by atoms with Crippen LogP contribution in [0.15, 0.2) is 65.7 Å². The summed E-state index contributed by atoms with van der Waals surface area (Å²) in [5.74, 6) is 0. The van der Waals surface area contributed by atoms with E-state index in [2.05, 4.69) is 11.1 Å². The summed E-state index contributed by atoms with van der Waals surface area (Å²) in [6.45, 7) is 3.97. The summed E-state index contributed by atoms with van der Waals surface area (Å²) in [5.41, 5.74) is 4.68. The molecule has 0 saturated heterocycles. The summed E-state index contributed by atoms with van der Waals surface area (Å²) < 4.78 is 0. The molecule has 0 aliphatic rings. The number of nitrogens with zero attached hydrogens (tertiary/aromatic N) is 2. The highest BCUT2D eigenvalue weighted by Gasteiger charge is 2.02. The molecular weight excluding hydrogens is 244 g/mol. The Hall–Kier alpha value is -2.66. The summed E-state index contributed by atoms with van der Waals surface area (Å²) in [6, 6.07) is 19.7. The number of allylic oxidation sites excluding steroid dienone is 1. The van der Waals surface area contributed by atoms with Crippen LogP contribution in [0.25, 0.3) is 5.70 Å². The maximum Gasteiger partial charge on any atom is 0.0991 e. The second kappa shape index (κ2) is 6.49. The van der Waals surface area contributed by atoms with Crippen LogP contribution < -0.4 is 0 Å². The van der Waals surface area contributed by atoms with Crippen molar-refractivity contribution in [2.75, 3.05) is 0 Å². The van der Waals surface area contributed by atoms with Crippen LogP contribution in [-0.2, 0) is 0 Å². The molecule has 0 bridgehead atoms. The van der Waals surface area contributed by atoms with Crippen molar-refractivity contribution in [1.82, 2.24) is 0 Å². The van der Waals surface area contributed by atoms with E-state index in [1.54, 1.807) is 0 Å². The van der Waals surface area contributed by atoms with Crippen LogP contribution >= 0.6 is 0 Å². The van der Waals surface area contributed by atoms with E-state index in [1.165, 1.54) is 0 Å². The van der Waals surface area contributed by atoms with Crippen LogP contribution in [-0.4, -0.2) is 5.71 Å². The predicted molar refractivity (Wildman–Crippen MR) is 83.5 cm³/mol. The fraction of sp³-hybridized carbons (Fsp3) is 0.111. The molecule has 0 aromatic heterocycles. The Morgan fingerprint density at radius 2 is 1.65 bits per heavy atom. The zero-order chi connectivity index (χ0) is 14.4. The Kier molecular flexibility index (Phi) is 4.47. The molecule has 2 rings (SSSR count). The van der Waals surface area contributed by atoms with Crippen molar-refractivity contribution >= 4 is 11.4 Å². The standard InChI is InChI=1S/C18H16N2/c1-3-18(17-11-9-15(13-19)10-12-17)20-14(2)16-7-5-4-6-8-16/h3-12H,1-2H3/b18-3-,20-14?. The Balaban J connectivity index is 2.32. The summed E-state index contributed by atoms with van der Waals surface area (Å²) in [7, 11) is 0. The molecule has 0 amide bonds. The lowest BCUT2D eigenvalue weighted by Gasteiger charge is -2.05. The van der Waals surface area contributed by atoms with Gasteiger partial charge in [-0.3, -0.25) is 4.99 Å². The SMILES string of the molecule is C/C=C(\N=C(C)c1ccccc1)c1ccc(C#N)cc1. The minimum atomic E-state index is 0.660. The average Bonchev–Trinajstić information content (AvgIpc) is 2.53. The monoisotopic (exact) mass is 260 g/mol. The second-order valence-corrected chi connectivity index (χ2v) is 4.43. The van der Waals surface area contributed by atoms with E-state index >= 15 is 0 Å². The van der Waals surface area contributed by atoms with Gasteiger partial charge < -0.3 is 0 Å². The minimum absolute atomic E-state index is 0.660. The van der Waals surface area contributed by atoms with Crippen LogP contribution in [0.3, 0.4) is 0 Å². The molecule has 0 aliphatic heterocycles. The van der Waals surface area contributed by atoms with Crippen molar-refractivity contribution in [2.24, 2.45) is 4.99 Å². The molecule has 0 N–H and O–H groups in total. The van der Waals surface area contributed by atoms with Crippen molar-refractivity contribution in [3.8, 4) is 6.07 Å². The molecule has 0 atom stereocenters. The Morgan fingerprint density at radius 1 is 1.00 bits per heavy atom. The van der Waals surface area contributed by atoms with Crippen LogP contribution in [0.4, 0.5) is 0 Å². The molecule has 2 aromatic carbocycles. The molecule has 0 spiro atoms. The lowest BCUT2D eigenvalue weighted by molar-refractivity contribution is 1.43. The van der Waals surface area contributed by atoms with Crippen molar-refractivity contribution in [2.45, 2.75) is 13.8 Å². The molecule has 0 saturated carbocycles. The first-order valence-corrected chi connectivity index (χ1v) is 6.52. The largest absolute Gasteiger partial charge is 0.253 e. The van der Waals surface area contributed by atoms with E-state index in [0.717, 1.165) is 22.5 Å². The normalized spacial score (nSPS) is 12.1. The molecule has 0 aliphatic carbocycles. The van der Waals surface area contributed by atoms with E-state index in [-0.39, 0.29) is 0 Å². The summed E-state index contributed by atoms with van der Waals surface area (Å²) in [6.07, 6.45) is 1.98. The number of hydrogen-bond acceptors (Lipinski definition) is 2. The maximum atomic E-state index is 8.83. The fourth-order valence-electron chi connectivity index (χ4n) is 1.94. The molecule has 0 heterocycles. The molecule has 0 fully saturated rings. The van der Waals surface area contributed by atoms with Gasteiger partial charge in [-0.15, -0.1) is 0 Å². The lowest BCUT2D eigenvalue weighted by atomic mass is 10.1. The number of aliphatic imine (C=N–C) groups is 1. The Bertz CT molecular complexity index is 672. The highest BCUT2D eigenvalue weighted by molar-refractivity contribution is 6.01. The molecule has 0 radical (unpaired) electrons. The van der Waals surface area contributed by atoms with Gasteiger partial charge in [0.25, 0.3) is 0 Å². The molecule has 2 nitrogen and oxygen atoms in total. The van der Waals surface area contributed by atoms with E-state index in [1.807, 2.05) is 74.5 Å². The van der Waals surface area contributed by atoms with Crippen LogP contribution in [0.5, 0.6) is 0 Å². The van der Waals surface area contributed by atoms with Gasteiger partial charge in [-0.1, -0.05) is 48.5 Å². The van der Waals surface area contributed by atoms with Gasteiger partial charge in [-0.2, -0.15) is 5.26 Å². The number of hydrogen-bond donors (Lipinski definition) is 0. The Morgan fingerprint density at radius 3 is 2.20 bits per heavy atom. The first-order chi connectivity index (χ1) is 9.74. The smallest absolute Gasteiger partial charge is 0.0991 e. The number of benzene rings is 2. The van der Waals surface area contributed by atoms with Gasteiger partial charge >= 0.3 is 0 Å². The first-order valence-electron chi connectivity index (χ1n) is 6.52. The zero-order valence-corrected chi connectivity index (χ0v) is 11.7. The topological polar surface area (TPSA) is 36.1 Å². The van der Waals surface area contributed by atoms with Crippen molar-refractivity contribution in [3.05, 3.63) is 77.4 Å². The van der Waals surface area contributed by atoms with Crippen LogP contribution in [0.2, 0.25) is 0 Å². The molecule has 0 unspecified atom stereocenters. The third-order valence-electron chi connectivity index (χ3n) is 3.06. The molecule has 98 valence electrons. The third kappa shape index (κ3) is 3.21. The number of nitriles is 1. The van der Waals surface area contributed by atoms with Gasteiger partial charge in [0.2, 0.25) is 0 Å². The van der Waals surface area contributed by atoms with Gasteiger partial charge in [0, 0.05) is 5.71 Å². The van der Waals surface area contributed by atoms with Crippen molar-refractivity contribution < 1.29 is 0 Å². The second-order valence-electron chi connectivity index (χ2n) is 4.43. The molecule has 2 aromatic rings. The highest BCUT2D eigenvalue weighted by atomic mass is 14.8. The van der Waals surface area contributed by atoms with Crippen molar-refractivity contribution in [3.63, 3.8) is 0 Å². The Labute approximate surface area is 119 Å². The number of rotatable bonds is 3. The van der Waals surface area contributed by atoms with E-state index in [4.69, 9.17) is 5.26 Å². The maximum absolute atomic E-state index is 8.83. The molecule has 20 heavy (non-hydrogen) atoms. The average molecular weight is 260 g/mol. The molecular formula is C18H16N2. The fourth-order valence-corrected chi connectivity index (χ4v) is 1.94. The highest BCUT2D eigenvalue weighted by Crippen LogP contribution is 2.18. The third-order valence-corrected chi connectivity index (χ3v) is 3.06. The minimum Gasteiger partial charge on any atom is -0.253 e. The summed E-state index contributed by atoms with van der Waals surface area (Å²) >= 11 is 0.